The molecule has 0 bridgehead atoms. The molecule has 2 heterocycles. The SMILES string of the molecule is Fc1ccccc1-c1nnc(SCc2noc(C3CC3)n2)n1Cc1ccccc1. The van der Waals surface area contributed by atoms with Crippen molar-refractivity contribution in [3.05, 3.63) is 77.7 Å². The zero-order valence-corrected chi connectivity index (χ0v) is 16.3. The van der Waals surface area contributed by atoms with Gasteiger partial charge in [0, 0.05) is 5.92 Å². The minimum Gasteiger partial charge on any atom is -0.339 e. The van der Waals surface area contributed by atoms with Gasteiger partial charge in [-0.05, 0) is 30.5 Å². The van der Waals surface area contributed by atoms with Crippen LogP contribution in [0, 0.1) is 5.82 Å². The lowest BCUT2D eigenvalue weighted by atomic mass is 10.2. The van der Waals surface area contributed by atoms with E-state index in [-0.39, 0.29) is 5.82 Å². The molecule has 0 radical (unpaired) electrons. The summed E-state index contributed by atoms with van der Waals surface area (Å²) in [7, 11) is 0. The Bertz CT molecular complexity index is 1120. The van der Waals surface area contributed by atoms with Gasteiger partial charge >= 0.3 is 0 Å². The molecule has 0 atom stereocenters. The van der Waals surface area contributed by atoms with Crippen molar-refractivity contribution in [1.82, 2.24) is 24.9 Å². The van der Waals surface area contributed by atoms with Gasteiger partial charge in [0.1, 0.15) is 5.82 Å². The molecule has 2 aromatic heterocycles. The molecule has 1 aliphatic rings. The molecule has 1 saturated carbocycles. The van der Waals surface area contributed by atoms with Crippen LogP contribution in [0.1, 0.15) is 36.0 Å². The predicted octanol–water partition coefficient (Wildman–Crippen LogP) is 4.69. The second kappa shape index (κ2) is 7.79. The van der Waals surface area contributed by atoms with Crippen LogP contribution in [0.2, 0.25) is 0 Å². The third kappa shape index (κ3) is 3.93. The zero-order valence-electron chi connectivity index (χ0n) is 15.5. The standard InChI is InChI=1S/C21H18FN5OS/c22-17-9-5-4-8-16(17)19-24-25-21(27(19)12-14-6-2-1-3-7-14)29-13-18-23-20(28-26-18)15-10-11-15/h1-9,15H,10-13H2. The molecule has 8 heteroatoms. The van der Waals surface area contributed by atoms with E-state index in [4.69, 9.17) is 4.52 Å². The molecule has 29 heavy (non-hydrogen) atoms. The normalized spacial score (nSPS) is 13.7. The van der Waals surface area contributed by atoms with Crippen LogP contribution in [0.25, 0.3) is 11.4 Å². The minimum atomic E-state index is -0.321. The van der Waals surface area contributed by atoms with Crippen molar-refractivity contribution in [2.24, 2.45) is 0 Å². The number of hydrogen-bond donors (Lipinski definition) is 0. The first-order chi connectivity index (χ1) is 14.3. The lowest BCUT2D eigenvalue weighted by molar-refractivity contribution is 0.375. The number of benzene rings is 2. The smallest absolute Gasteiger partial charge is 0.229 e. The fourth-order valence-corrected chi connectivity index (χ4v) is 3.88. The van der Waals surface area contributed by atoms with E-state index in [1.165, 1.54) is 17.8 Å². The van der Waals surface area contributed by atoms with Crippen LogP contribution >= 0.6 is 11.8 Å². The summed E-state index contributed by atoms with van der Waals surface area (Å²) >= 11 is 1.47. The van der Waals surface area contributed by atoms with Crippen molar-refractivity contribution >= 4 is 11.8 Å². The van der Waals surface area contributed by atoms with Crippen LogP contribution in [0.4, 0.5) is 4.39 Å². The van der Waals surface area contributed by atoms with Crippen molar-refractivity contribution in [1.29, 1.82) is 0 Å². The third-order valence-electron chi connectivity index (χ3n) is 4.76. The van der Waals surface area contributed by atoms with Crippen molar-refractivity contribution in [3.8, 4) is 11.4 Å². The molecule has 0 aliphatic heterocycles. The Hall–Kier alpha value is -3.00. The van der Waals surface area contributed by atoms with Crippen molar-refractivity contribution < 1.29 is 8.91 Å². The molecular formula is C21H18FN5OS. The molecule has 1 fully saturated rings. The second-order valence-corrected chi connectivity index (χ2v) is 7.91. The molecular weight excluding hydrogens is 389 g/mol. The maximum Gasteiger partial charge on any atom is 0.229 e. The molecule has 6 nitrogen and oxygen atoms in total. The summed E-state index contributed by atoms with van der Waals surface area (Å²) < 4.78 is 21.7. The molecule has 146 valence electrons. The summed E-state index contributed by atoms with van der Waals surface area (Å²) in [6, 6.07) is 16.6. The largest absolute Gasteiger partial charge is 0.339 e. The number of nitrogens with zero attached hydrogens (tertiary/aromatic N) is 5. The van der Waals surface area contributed by atoms with E-state index in [0.29, 0.717) is 40.6 Å². The van der Waals surface area contributed by atoms with E-state index < -0.39 is 0 Å². The summed E-state index contributed by atoms with van der Waals surface area (Å²) in [6.07, 6.45) is 2.23. The van der Waals surface area contributed by atoms with Gasteiger partial charge in [0.15, 0.2) is 16.8 Å². The zero-order chi connectivity index (χ0) is 19.6. The highest BCUT2D eigenvalue weighted by Gasteiger charge is 2.29. The first-order valence-corrected chi connectivity index (χ1v) is 10.4. The van der Waals surface area contributed by atoms with E-state index in [0.717, 1.165) is 24.3 Å². The minimum absolute atomic E-state index is 0.321. The summed E-state index contributed by atoms with van der Waals surface area (Å²) in [6.45, 7) is 0.541. The molecule has 0 N–H and O–H groups in total. The summed E-state index contributed by atoms with van der Waals surface area (Å²) in [5.41, 5.74) is 1.51. The fraction of sp³-hybridized carbons (Fsp3) is 0.238. The highest BCUT2D eigenvalue weighted by Crippen LogP contribution is 2.39. The van der Waals surface area contributed by atoms with Gasteiger partial charge in [-0.1, -0.05) is 59.4 Å². The van der Waals surface area contributed by atoms with Gasteiger partial charge in [0.2, 0.25) is 5.89 Å². The Balaban J connectivity index is 1.44. The number of rotatable bonds is 7. The van der Waals surface area contributed by atoms with Gasteiger partial charge in [-0.25, -0.2) is 4.39 Å². The summed E-state index contributed by atoms with van der Waals surface area (Å²) in [5, 5.41) is 13.4. The Labute approximate surface area is 171 Å². The van der Waals surface area contributed by atoms with Gasteiger partial charge < -0.3 is 4.52 Å². The molecule has 4 aromatic rings. The molecule has 0 unspecified atom stereocenters. The van der Waals surface area contributed by atoms with E-state index in [1.807, 2.05) is 34.9 Å². The second-order valence-electron chi connectivity index (χ2n) is 6.97. The lowest BCUT2D eigenvalue weighted by Gasteiger charge is -2.10. The van der Waals surface area contributed by atoms with Crippen LogP contribution in [0.3, 0.4) is 0 Å². The average Bonchev–Trinajstić information content (AvgIpc) is 3.36. The van der Waals surface area contributed by atoms with Gasteiger partial charge in [-0.2, -0.15) is 4.98 Å². The van der Waals surface area contributed by atoms with Crippen molar-refractivity contribution in [2.75, 3.05) is 0 Å². The van der Waals surface area contributed by atoms with Crippen LogP contribution in [0.5, 0.6) is 0 Å². The van der Waals surface area contributed by atoms with Gasteiger partial charge in [0.25, 0.3) is 0 Å². The monoisotopic (exact) mass is 407 g/mol. The maximum absolute atomic E-state index is 14.4. The van der Waals surface area contributed by atoms with Gasteiger partial charge in [0.05, 0.1) is 17.9 Å². The maximum atomic E-state index is 14.4. The fourth-order valence-electron chi connectivity index (χ4n) is 3.10. The average molecular weight is 407 g/mol. The Morgan fingerprint density at radius 2 is 1.83 bits per heavy atom. The van der Waals surface area contributed by atoms with E-state index in [1.54, 1.807) is 18.2 Å². The van der Waals surface area contributed by atoms with Crippen LogP contribution in [-0.2, 0) is 12.3 Å². The van der Waals surface area contributed by atoms with Crippen LogP contribution in [-0.4, -0.2) is 24.9 Å². The summed E-state index contributed by atoms with van der Waals surface area (Å²) in [5.74, 6) is 2.48. The number of hydrogen-bond acceptors (Lipinski definition) is 6. The van der Waals surface area contributed by atoms with E-state index >= 15 is 0 Å². The van der Waals surface area contributed by atoms with Gasteiger partial charge in [-0.15, -0.1) is 10.2 Å². The Morgan fingerprint density at radius 1 is 1.03 bits per heavy atom. The number of thioether (sulfide) groups is 1. The molecule has 0 amide bonds. The molecule has 1 aliphatic carbocycles. The first kappa shape index (κ1) is 18.1. The van der Waals surface area contributed by atoms with Crippen LogP contribution < -0.4 is 0 Å². The van der Waals surface area contributed by atoms with Crippen molar-refractivity contribution in [3.63, 3.8) is 0 Å². The van der Waals surface area contributed by atoms with Gasteiger partial charge in [-0.3, -0.25) is 4.57 Å². The quantitative estimate of drug-likeness (QED) is 0.414. The van der Waals surface area contributed by atoms with Crippen molar-refractivity contribution in [2.45, 2.75) is 36.2 Å². The molecule has 5 rings (SSSR count). The Morgan fingerprint density at radius 3 is 2.62 bits per heavy atom. The number of aromatic nitrogens is 5. The van der Waals surface area contributed by atoms with Crippen LogP contribution in [0.15, 0.2) is 64.3 Å². The van der Waals surface area contributed by atoms with E-state index in [9.17, 15) is 4.39 Å². The lowest BCUT2D eigenvalue weighted by Crippen LogP contribution is -2.05. The third-order valence-corrected chi connectivity index (χ3v) is 5.72. The predicted molar refractivity (Wildman–Crippen MR) is 107 cm³/mol. The number of halogens is 1. The van der Waals surface area contributed by atoms with E-state index in [2.05, 4.69) is 20.3 Å². The molecule has 2 aromatic carbocycles. The first-order valence-electron chi connectivity index (χ1n) is 9.45. The highest BCUT2D eigenvalue weighted by molar-refractivity contribution is 7.98. The molecule has 0 saturated heterocycles. The molecule has 0 spiro atoms. The Kier molecular flexibility index (Phi) is 4.85. The topological polar surface area (TPSA) is 69.6 Å². The highest BCUT2D eigenvalue weighted by atomic mass is 32.2. The summed E-state index contributed by atoms with van der Waals surface area (Å²) in [4.78, 5) is 4.46.